The number of halogens is 1. The minimum atomic E-state index is -0.937. The topological polar surface area (TPSA) is 75.4 Å². The number of amides is 1. The zero-order valence-electron chi connectivity index (χ0n) is 13.3. The molecule has 1 N–H and O–H groups in total. The van der Waals surface area contributed by atoms with Gasteiger partial charge in [0.25, 0.3) is 5.91 Å². The number of carboxylic acid groups (broad SMARTS) is 1. The Hall–Kier alpha value is -2.34. The molecule has 1 unspecified atom stereocenters. The molecule has 1 aromatic heterocycles. The highest BCUT2D eigenvalue weighted by molar-refractivity contribution is 6.33. The monoisotopic (exact) mass is 347 g/mol. The number of likely N-dealkylation sites (tertiary alicyclic amines) is 1. The van der Waals surface area contributed by atoms with Gasteiger partial charge in [-0.05, 0) is 30.5 Å². The Bertz CT molecular complexity index is 750. The molecule has 3 rings (SSSR count). The van der Waals surface area contributed by atoms with Gasteiger partial charge in [0.1, 0.15) is 5.69 Å². The Labute approximate surface area is 144 Å². The first-order valence-corrected chi connectivity index (χ1v) is 8.15. The van der Waals surface area contributed by atoms with Crippen molar-refractivity contribution in [1.29, 1.82) is 0 Å². The number of hydrogen-bond acceptors (Lipinski definition) is 3. The molecule has 0 bridgehead atoms. The first-order valence-electron chi connectivity index (χ1n) is 7.77. The number of nitrogens with zero attached hydrogens (tertiary/aromatic N) is 3. The SMILES string of the molecule is Cn1ncc(Cl)c1C(=O)N1CCCC(c2ccc(C(=O)O)cc2)C1. The van der Waals surface area contributed by atoms with Crippen LogP contribution in [0.2, 0.25) is 5.02 Å². The number of rotatable bonds is 3. The molecule has 1 atom stereocenters. The highest BCUT2D eigenvalue weighted by atomic mass is 35.5. The van der Waals surface area contributed by atoms with E-state index in [4.69, 9.17) is 16.7 Å². The van der Waals surface area contributed by atoms with E-state index in [0.717, 1.165) is 18.4 Å². The highest BCUT2D eigenvalue weighted by Gasteiger charge is 2.28. The van der Waals surface area contributed by atoms with Crippen molar-refractivity contribution in [2.75, 3.05) is 13.1 Å². The van der Waals surface area contributed by atoms with Gasteiger partial charge >= 0.3 is 5.97 Å². The van der Waals surface area contributed by atoms with Gasteiger partial charge in [-0.1, -0.05) is 23.7 Å². The summed E-state index contributed by atoms with van der Waals surface area (Å²) >= 11 is 6.07. The fourth-order valence-electron chi connectivity index (χ4n) is 3.13. The number of aryl methyl sites for hydroxylation is 1. The quantitative estimate of drug-likeness (QED) is 0.926. The van der Waals surface area contributed by atoms with Gasteiger partial charge in [-0.25, -0.2) is 4.79 Å². The second-order valence-electron chi connectivity index (χ2n) is 5.98. The van der Waals surface area contributed by atoms with Gasteiger partial charge in [0.05, 0.1) is 16.8 Å². The number of carbonyl (C=O) groups is 2. The van der Waals surface area contributed by atoms with Crippen LogP contribution in [0.4, 0.5) is 0 Å². The van der Waals surface area contributed by atoms with Crippen LogP contribution >= 0.6 is 11.6 Å². The van der Waals surface area contributed by atoms with Crippen molar-refractivity contribution in [1.82, 2.24) is 14.7 Å². The molecule has 0 spiro atoms. The first kappa shape index (κ1) is 16.5. The molecule has 126 valence electrons. The van der Waals surface area contributed by atoms with Crippen LogP contribution in [0.5, 0.6) is 0 Å². The van der Waals surface area contributed by atoms with Crippen molar-refractivity contribution in [3.8, 4) is 0 Å². The van der Waals surface area contributed by atoms with E-state index >= 15 is 0 Å². The van der Waals surface area contributed by atoms with Crippen molar-refractivity contribution in [2.24, 2.45) is 7.05 Å². The minimum Gasteiger partial charge on any atom is -0.478 e. The van der Waals surface area contributed by atoms with E-state index in [2.05, 4.69) is 5.10 Å². The molecule has 1 fully saturated rings. The van der Waals surface area contributed by atoms with Crippen LogP contribution in [0, 0.1) is 0 Å². The fourth-order valence-corrected chi connectivity index (χ4v) is 3.38. The number of carboxylic acids is 1. The maximum atomic E-state index is 12.7. The summed E-state index contributed by atoms with van der Waals surface area (Å²) in [6, 6.07) is 6.88. The number of aromatic nitrogens is 2. The second-order valence-corrected chi connectivity index (χ2v) is 6.39. The third kappa shape index (κ3) is 3.14. The normalized spacial score (nSPS) is 17.8. The average Bonchev–Trinajstić information content (AvgIpc) is 2.93. The van der Waals surface area contributed by atoms with Gasteiger partial charge in [-0.3, -0.25) is 9.48 Å². The third-order valence-corrected chi connectivity index (χ3v) is 4.71. The third-order valence-electron chi connectivity index (χ3n) is 4.43. The Morgan fingerprint density at radius 1 is 1.29 bits per heavy atom. The Balaban J connectivity index is 1.77. The molecular weight excluding hydrogens is 330 g/mol. The molecule has 2 aromatic rings. The van der Waals surface area contributed by atoms with E-state index in [1.807, 2.05) is 12.1 Å². The molecule has 1 aliphatic heterocycles. The first-order chi connectivity index (χ1) is 11.5. The van der Waals surface area contributed by atoms with Gasteiger partial charge in [0.2, 0.25) is 0 Å². The van der Waals surface area contributed by atoms with Crippen LogP contribution in [0.25, 0.3) is 0 Å². The van der Waals surface area contributed by atoms with E-state index in [9.17, 15) is 9.59 Å². The lowest BCUT2D eigenvalue weighted by atomic mass is 9.90. The summed E-state index contributed by atoms with van der Waals surface area (Å²) in [6.07, 6.45) is 3.34. The summed E-state index contributed by atoms with van der Waals surface area (Å²) in [5, 5.41) is 13.4. The van der Waals surface area contributed by atoms with Crippen molar-refractivity contribution in [2.45, 2.75) is 18.8 Å². The summed E-state index contributed by atoms with van der Waals surface area (Å²) in [5.74, 6) is -0.864. The summed E-state index contributed by atoms with van der Waals surface area (Å²) in [4.78, 5) is 25.5. The molecule has 24 heavy (non-hydrogen) atoms. The predicted octanol–water partition coefficient (Wildman–Crippen LogP) is 2.79. The lowest BCUT2D eigenvalue weighted by Crippen LogP contribution is -2.40. The molecule has 1 saturated heterocycles. The van der Waals surface area contributed by atoms with E-state index in [-0.39, 0.29) is 17.4 Å². The van der Waals surface area contributed by atoms with Crippen molar-refractivity contribution in [3.63, 3.8) is 0 Å². The molecule has 2 heterocycles. The van der Waals surface area contributed by atoms with Crippen molar-refractivity contribution < 1.29 is 14.7 Å². The van der Waals surface area contributed by atoms with E-state index in [1.54, 1.807) is 24.1 Å². The Morgan fingerprint density at radius 2 is 2.00 bits per heavy atom. The Kier molecular flexibility index (Phi) is 4.57. The summed E-state index contributed by atoms with van der Waals surface area (Å²) in [6.45, 7) is 1.27. The van der Waals surface area contributed by atoms with E-state index < -0.39 is 5.97 Å². The van der Waals surface area contributed by atoms with Gasteiger partial charge in [0.15, 0.2) is 0 Å². The summed E-state index contributed by atoms with van der Waals surface area (Å²) < 4.78 is 1.50. The van der Waals surface area contributed by atoms with Crippen LogP contribution in [0.15, 0.2) is 30.5 Å². The Morgan fingerprint density at radius 3 is 2.58 bits per heavy atom. The summed E-state index contributed by atoms with van der Waals surface area (Å²) in [5.41, 5.74) is 1.72. The van der Waals surface area contributed by atoms with Crippen molar-refractivity contribution in [3.05, 3.63) is 52.3 Å². The minimum absolute atomic E-state index is 0.119. The zero-order chi connectivity index (χ0) is 17.3. The largest absolute Gasteiger partial charge is 0.478 e. The molecule has 6 nitrogen and oxygen atoms in total. The van der Waals surface area contributed by atoms with Crippen molar-refractivity contribution >= 4 is 23.5 Å². The molecule has 0 saturated carbocycles. The maximum Gasteiger partial charge on any atom is 0.335 e. The van der Waals surface area contributed by atoms with Crippen LogP contribution in [0.1, 0.15) is 45.2 Å². The van der Waals surface area contributed by atoms with Crippen LogP contribution in [-0.4, -0.2) is 44.8 Å². The molecule has 7 heteroatoms. The molecule has 1 amide bonds. The van der Waals surface area contributed by atoms with Gasteiger partial charge < -0.3 is 10.0 Å². The van der Waals surface area contributed by atoms with Gasteiger partial charge in [0, 0.05) is 26.1 Å². The smallest absolute Gasteiger partial charge is 0.335 e. The lowest BCUT2D eigenvalue weighted by Gasteiger charge is -2.33. The maximum absolute atomic E-state index is 12.7. The van der Waals surface area contributed by atoms with Gasteiger partial charge in [-0.15, -0.1) is 0 Å². The molecule has 1 aliphatic rings. The van der Waals surface area contributed by atoms with Crippen LogP contribution in [0.3, 0.4) is 0 Å². The predicted molar refractivity (Wildman–Crippen MR) is 89.5 cm³/mol. The van der Waals surface area contributed by atoms with Gasteiger partial charge in [-0.2, -0.15) is 5.10 Å². The average molecular weight is 348 g/mol. The molecule has 1 aromatic carbocycles. The van der Waals surface area contributed by atoms with E-state index in [0.29, 0.717) is 23.8 Å². The fraction of sp³-hybridized carbons (Fsp3) is 0.353. The number of piperidine rings is 1. The molecule has 0 radical (unpaired) electrons. The molecular formula is C17H18ClN3O3. The van der Waals surface area contributed by atoms with E-state index in [1.165, 1.54) is 10.9 Å². The number of benzene rings is 1. The van der Waals surface area contributed by atoms with Crippen LogP contribution in [-0.2, 0) is 7.05 Å². The zero-order valence-corrected chi connectivity index (χ0v) is 14.0. The highest BCUT2D eigenvalue weighted by Crippen LogP contribution is 2.29. The second kappa shape index (κ2) is 6.65. The number of hydrogen-bond donors (Lipinski definition) is 1. The number of carbonyl (C=O) groups excluding carboxylic acids is 1. The number of aromatic carboxylic acids is 1. The standard InChI is InChI=1S/C17H18ClN3O3/c1-20-15(14(18)9-19-20)16(22)21-8-2-3-13(10-21)11-4-6-12(7-5-11)17(23)24/h4-7,9,13H,2-3,8,10H2,1H3,(H,23,24). The molecule has 0 aliphatic carbocycles. The summed E-state index contributed by atoms with van der Waals surface area (Å²) in [7, 11) is 1.70. The van der Waals surface area contributed by atoms with Crippen LogP contribution < -0.4 is 0 Å². The lowest BCUT2D eigenvalue weighted by molar-refractivity contribution is 0.0690.